The van der Waals surface area contributed by atoms with Gasteiger partial charge in [0.1, 0.15) is 0 Å². The number of carbonyl (C=O) groups excluding carboxylic acids is 1. The van der Waals surface area contributed by atoms with Gasteiger partial charge in [0.05, 0.1) is 0 Å². The van der Waals surface area contributed by atoms with E-state index < -0.39 is 5.91 Å². The van der Waals surface area contributed by atoms with Crippen molar-refractivity contribution in [3.05, 3.63) is 53.9 Å². The van der Waals surface area contributed by atoms with Crippen molar-refractivity contribution >= 4 is 11.9 Å². The average molecular weight is 242 g/mol. The van der Waals surface area contributed by atoms with Crippen LogP contribution in [-0.2, 0) is 0 Å². The van der Waals surface area contributed by atoms with E-state index in [1.165, 1.54) is 0 Å². The minimum Gasteiger partial charge on any atom is -0.370 e. The molecule has 5 heteroatoms. The number of nitrogens with two attached hydrogens (primary N) is 2. The van der Waals surface area contributed by atoms with Crippen LogP contribution in [0.5, 0.6) is 0 Å². The summed E-state index contributed by atoms with van der Waals surface area (Å²) in [5, 5.41) is 0. The summed E-state index contributed by atoms with van der Waals surface area (Å²) in [6.45, 7) is 1.98. The molecule has 1 heterocycles. The van der Waals surface area contributed by atoms with Crippen molar-refractivity contribution in [2.24, 2.45) is 16.5 Å². The minimum atomic E-state index is -0.441. The van der Waals surface area contributed by atoms with Gasteiger partial charge in [-0.3, -0.25) is 4.79 Å². The minimum absolute atomic E-state index is 0.233. The molecule has 1 aromatic carbocycles. The molecule has 1 amide bonds. The fraction of sp³-hybridized carbons (Fsp3) is 0.0769. The smallest absolute Gasteiger partial charge is 0.280 e. The van der Waals surface area contributed by atoms with E-state index in [0.717, 1.165) is 11.3 Å². The molecule has 0 fully saturated rings. The highest BCUT2D eigenvalue weighted by atomic mass is 16.1. The number of rotatable bonds is 2. The monoisotopic (exact) mass is 242 g/mol. The molecule has 0 saturated carbocycles. The first-order chi connectivity index (χ1) is 8.58. The van der Waals surface area contributed by atoms with Crippen LogP contribution in [0.2, 0.25) is 0 Å². The molecule has 5 nitrogen and oxygen atoms in total. The van der Waals surface area contributed by atoms with Gasteiger partial charge in [-0.2, -0.15) is 4.99 Å². The topological polar surface area (TPSA) is 86.4 Å². The molecule has 2 rings (SSSR count). The molecule has 0 saturated heterocycles. The fourth-order valence-electron chi connectivity index (χ4n) is 1.70. The first kappa shape index (κ1) is 11.9. The molecule has 0 radical (unpaired) electrons. The number of benzene rings is 1. The second kappa shape index (κ2) is 4.75. The molecule has 2 aromatic rings. The quantitative estimate of drug-likeness (QED) is 0.612. The Morgan fingerprint density at radius 3 is 2.50 bits per heavy atom. The molecule has 0 aliphatic heterocycles. The first-order valence-electron chi connectivity index (χ1n) is 5.46. The molecule has 0 atom stereocenters. The number of hydrogen-bond acceptors (Lipinski definition) is 1. The van der Waals surface area contributed by atoms with Gasteiger partial charge in [0.15, 0.2) is 5.96 Å². The van der Waals surface area contributed by atoms with Crippen molar-refractivity contribution in [1.29, 1.82) is 0 Å². The lowest BCUT2D eigenvalue weighted by atomic mass is 10.1. The summed E-state index contributed by atoms with van der Waals surface area (Å²) in [7, 11) is 0. The van der Waals surface area contributed by atoms with E-state index in [0.29, 0.717) is 5.56 Å². The number of aliphatic imine (C=N–C) groups is 1. The van der Waals surface area contributed by atoms with E-state index in [1.54, 1.807) is 12.1 Å². The van der Waals surface area contributed by atoms with Gasteiger partial charge < -0.3 is 16.0 Å². The van der Waals surface area contributed by atoms with Crippen LogP contribution in [0.15, 0.2) is 47.7 Å². The largest absolute Gasteiger partial charge is 0.370 e. The van der Waals surface area contributed by atoms with Crippen molar-refractivity contribution in [3.63, 3.8) is 0 Å². The second-order valence-electron chi connectivity index (χ2n) is 3.93. The van der Waals surface area contributed by atoms with Crippen LogP contribution in [0.3, 0.4) is 0 Å². The number of aryl methyl sites for hydroxylation is 1. The molecule has 0 bridgehead atoms. The number of nitrogens with zero attached hydrogens (tertiary/aromatic N) is 2. The number of aromatic nitrogens is 1. The predicted molar refractivity (Wildman–Crippen MR) is 70.6 cm³/mol. The Morgan fingerprint density at radius 2 is 1.89 bits per heavy atom. The summed E-state index contributed by atoms with van der Waals surface area (Å²) in [6.07, 6.45) is 3.83. The van der Waals surface area contributed by atoms with Crippen molar-refractivity contribution < 1.29 is 4.79 Å². The van der Waals surface area contributed by atoms with Crippen molar-refractivity contribution in [3.8, 4) is 5.69 Å². The lowest BCUT2D eigenvalue weighted by Gasteiger charge is -2.08. The summed E-state index contributed by atoms with van der Waals surface area (Å²) < 4.78 is 1.93. The summed E-state index contributed by atoms with van der Waals surface area (Å²) in [5.74, 6) is -0.675. The van der Waals surface area contributed by atoms with Crippen LogP contribution < -0.4 is 11.5 Å². The standard InChI is InChI=1S/C13H14N4O/c1-9-4-5-10(12(18)16-13(14)15)8-11(9)17-6-2-3-7-17/h2-8H,1H3,(H4,14,15,16,18). The molecule has 1 aromatic heterocycles. The lowest BCUT2D eigenvalue weighted by molar-refractivity contribution is 0.100. The molecule has 0 aliphatic rings. The maximum absolute atomic E-state index is 11.7. The van der Waals surface area contributed by atoms with E-state index in [4.69, 9.17) is 11.5 Å². The van der Waals surface area contributed by atoms with Crippen LogP contribution in [0.4, 0.5) is 0 Å². The summed E-state index contributed by atoms with van der Waals surface area (Å²) in [4.78, 5) is 15.3. The van der Waals surface area contributed by atoms with Crippen molar-refractivity contribution in [1.82, 2.24) is 4.57 Å². The van der Waals surface area contributed by atoms with Crippen LogP contribution in [-0.4, -0.2) is 16.4 Å². The molecular weight excluding hydrogens is 228 g/mol. The zero-order chi connectivity index (χ0) is 13.1. The Labute approximate surface area is 105 Å². The second-order valence-corrected chi connectivity index (χ2v) is 3.93. The number of hydrogen-bond donors (Lipinski definition) is 2. The highest BCUT2D eigenvalue weighted by molar-refractivity contribution is 6.02. The van der Waals surface area contributed by atoms with Gasteiger partial charge in [0, 0.05) is 23.6 Å². The molecule has 0 aliphatic carbocycles. The normalized spacial score (nSPS) is 10.1. The van der Waals surface area contributed by atoms with E-state index in [-0.39, 0.29) is 5.96 Å². The van der Waals surface area contributed by atoms with Crippen LogP contribution in [0.25, 0.3) is 5.69 Å². The summed E-state index contributed by atoms with van der Waals surface area (Å²) in [5.41, 5.74) is 12.8. The maximum Gasteiger partial charge on any atom is 0.280 e. The number of guanidine groups is 1. The summed E-state index contributed by atoms with van der Waals surface area (Å²) >= 11 is 0. The molecule has 4 N–H and O–H groups in total. The van der Waals surface area contributed by atoms with Crippen LogP contribution in [0.1, 0.15) is 15.9 Å². The van der Waals surface area contributed by atoms with Crippen molar-refractivity contribution in [2.45, 2.75) is 6.92 Å². The fourth-order valence-corrected chi connectivity index (χ4v) is 1.70. The van der Waals surface area contributed by atoms with Gasteiger partial charge >= 0.3 is 0 Å². The Morgan fingerprint density at radius 1 is 1.22 bits per heavy atom. The van der Waals surface area contributed by atoms with Gasteiger partial charge in [-0.25, -0.2) is 0 Å². The summed E-state index contributed by atoms with van der Waals surface area (Å²) in [6, 6.07) is 9.18. The Balaban J connectivity index is 2.45. The van der Waals surface area contributed by atoms with E-state index in [2.05, 4.69) is 4.99 Å². The Kier molecular flexibility index (Phi) is 3.14. The average Bonchev–Trinajstić information content (AvgIpc) is 2.82. The third kappa shape index (κ3) is 2.40. The third-order valence-corrected chi connectivity index (χ3v) is 2.57. The first-order valence-corrected chi connectivity index (χ1v) is 5.46. The number of carbonyl (C=O) groups is 1. The van der Waals surface area contributed by atoms with Crippen molar-refractivity contribution in [2.75, 3.05) is 0 Å². The van der Waals surface area contributed by atoms with Gasteiger partial charge in [-0.1, -0.05) is 6.07 Å². The third-order valence-electron chi connectivity index (χ3n) is 2.57. The SMILES string of the molecule is Cc1ccc(C(=O)N=C(N)N)cc1-n1cccc1. The molecule has 0 unspecified atom stereocenters. The molecular formula is C13H14N4O. The maximum atomic E-state index is 11.7. The molecule has 0 spiro atoms. The van der Waals surface area contributed by atoms with E-state index in [9.17, 15) is 4.79 Å². The van der Waals surface area contributed by atoms with Gasteiger partial charge in [-0.05, 0) is 36.8 Å². The highest BCUT2D eigenvalue weighted by Gasteiger charge is 2.08. The van der Waals surface area contributed by atoms with Gasteiger partial charge in [-0.15, -0.1) is 0 Å². The number of amides is 1. The van der Waals surface area contributed by atoms with Gasteiger partial charge in [0.2, 0.25) is 0 Å². The molecule has 92 valence electrons. The molecule has 18 heavy (non-hydrogen) atoms. The van der Waals surface area contributed by atoms with Crippen LogP contribution >= 0.6 is 0 Å². The predicted octanol–water partition coefficient (Wildman–Crippen LogP) is 1.20. The van der Waals surface area contributed by atoms with E-state index >= 15 is 0 Å². The lowest BCUT2D eigenvalue weighted by Crippen LogP contribution is -2.24. The van der Waals surface area contributed by atoms with E-state index in [1.807, 2.05) is 42.1 Å². The Hall–Kier alpha value is -2.56. The zero-order valence-electron chi connectivity index (χ0n) is 10.00. The van der Waals surface area contributed by atoms with Crippen LogP contribution in [0, 0.1) is 6.92 Å². The highest BCUT2D eigenvalue weighted by Crippen LogP contribution is 2.17. The van der Waals surface area contributed by atoms with Gasteiger partial charge in [0.25, 0.3) is 5.91 Å². The Bertz CT molecular complexity index is 595. The zero-order valence-corrected chi connectivity index (χ0v) is 10.00.